The molecule has 0 bridgehead atoms. The van der Waals surface area contributed by atoms with Crippen molar-refractivity contribution in [2.24, 2.45) is 11.3 Å². The van der Waals surface area contributed by atoms with E-state index >= 15 is 0 Å². The normalized spacial score (nSPS) is 20.6. The topological polar surface area (TPSA) is 27.7 Å². The van der Waals surface area contributed by atoms with E-state index in [0.717, 1.165) is 13.0 Å². The number of hydrogen-bond donors (Lipinski definition) is 0. The van der Waals surface area contributed by atoms with Gasteiger partial charge < -0.3 is 14.2 Å². The Morgan fingerprint density at radius 2 is 1.20 bits per heavy atom. The molecule has 3 heteroatoms. The molecule has 0 spiro atoms. The minimum atomic E-state index is -0.0259. The quantitative estimate of drug-likeness (QED) is 0.507. The van der Waals surface area contributed by atoms with Gasteiger partial charge in [-0.3, -0.25) is 0 Å². The van der Waals surface area contributed by atoms with Crippen molar-refractivity contribution in [3.63, 3.8) is 0 Å². The van der Waals surface area contributed by atoms with Gasteiger partial charge in [0.2, 0.25) is 0 Å². The van der Waals surface area contributed by atoms with Gasteiger partial charge in [-0.1, -0.05) is 78.1 Å². The summed E-state index contributed by atoms with van der Waals surface area (Å²) < 4.78 is 17.7. The van der Waals surface area contributed by atoms with Gasteiger partial charge in [-0.15, -0.1) is 0 Å². The smallest absolute Gasteiger partial charge is 0.0575 e. The molecule has 1 unspecified atom stereocenters. The van der Waals surface area contributed by atoms with Gasteiger partial charge in [-0.2, -0.15) is 0 Å². The fourth-order valence-electron chi connectivity index (χ4n) is 4.14. The Bertz CT molecular complexity index is 288. The van der Waals surface area contributed by atoms with Gasteiger partial charge in [0, 0.05) is 19.6 Å². The Hall–Kier alpha value is -0.120. The lowest BCUT2D eigenvalue weighted by Crippen LogP contribution is -2.43. The molecule has 1 rings (SSSR count). The lowest BCUT2D eigenvalue weighted by molar-refractivity contribution is -0.102. The van der Waals surface area contributed by atoms with Gasteiger partial charge in [0.1, 0.15) is 0 Å². The lowest BCUT2D eigenvalue weighted by Gasteiger charge is -2.38. The fourth-order valence-corrected chi connectivity index (χ4v) is 4.14. The second-order valence-electron chi connectivity index (χ2n) is 8.23. The van der Waals surface area contributed by atoms with Crippen LogP contribution in [0.4, 0.5) is 0 Å². The average Bonchev–Trinajstić information content (AvgIpc) is 2.60. The zero-order chi connectivity index (χ0) is 18.4. The van der Waals surface area contributed by atoms with E-state index in [2.05, 4.69) is 13.8 Å². The highest BCUT2D eigenvalue weighted by Gasteiger charge is 2.36. The van der Waals surface area contributed by atoms with Crippen LogP contribution >= 0.6 is 0 Å². The van der Waals surface area contributed by atoms with Gasteiger partial charge in [0.25, 0.3) is 0 Å². The molecule has 150 valence electrons. The molecule has 1 aliphatic rings. The summed E-state index contributed by atoms with van der Waals surface area (Å²) in [7, 11) is 3.59. The number of rotatable bonds is 9. The Morgan fingerprint density at radius 3 is 1.60 bits per heavy atom. The maximum absolute atomic E-state index is 6.52. The van der Waals surface area contributed by atoms with Crippen molar-refractivity contribution in [1.82, 2.24) is 0 Å². The van der Waals surface area contributed by atoms with Crippen molar-refractivity contribution >= 4 is 0 Å². The maximum atomic E-state index is 6.52. The second kappa shape index (κ2) is 14.0. The first-order valence-corrected chi connectivity index (χ1v) is 10.8. The predicted molar refractivity (Wildman–Crippen MR) is 106 cm³/mol. The van der Waals surface area contributed by atoms with E-state index in [1.165, 1.54) is 70.6 Å². The standard InChI is InChI=1S/C22H44O3/c1-5-20(2)22(17-23-3,18-24-4)19-25-21-15-13-11-9-7-6-8-10-12-14-16-21/h20-21H,5-19H2,1-4H3. The Morgan fingerprint density at radius 1 is 0.760 bits per heavy atom. The summed E-state index contributed by atoms with van der Waals surface area (Å²) >= 11 is 0. The summed E-state index contributed by atoms with van der Waals surface area (Å²) in [6.45, 7) is 6.74. The van der Waals surface area contributed by atoms with Crippen LogP contribution in [-0.4, -0.2) is 40.1 Å². The molecule has 0 aromatic rings. The van der Waals surface area contributed by atoms with Crippen LogP contribution in [-0.2, 0) is 14.2 Å². The van der Waals surface area contributed by atoms with Gasteiger partial charge in [0.05, 0.1) is 25.9 Å². The van der Waals surface area contributed by atoms with Crippen molar-refractivity contribution < 1.29 is 14.2 Å². The third-order valence-corrected chi connectivity index (χ3v) is 6.18. The SMILES string of the molecule is CCC(C)C(COC)(COC)COC1CCCCCCCCCCC1. The molecular weight excluding hydrogens is 312 g/mol. The molecule has 0 aliphatic heterocycles. The Labute approximate surface area is 157 Å². The summed E-state index contributed by atoms with van der Waals surface area (Å²) in [5.41, 5.74) is -0.0259. The Kier molecular flexibility index (Phi) is 12.8. The molecule has 1 fully saturated rings. The summed E-state index contributed by atoms with van der Waals surface area (Å²) in [4.78, 5) is 0. The van der Waals surface area contributed by atoms with Crippen LogP contribution in [0.2, 0.25) is 0 Å². The van der Waals surface area contributed by atoms with E-state index in [4.69, 9.17) is 14.2 Å². The van der Waals surface area contributed by atoms with E-state index < -0.39 is 0 Å². The van der Waals surface area contributed by atoms with Crippen LogP contribution in [0.5, 0.6) is 0 Å². The minimum Gasteiger partial charge on any atom is -0.384 e. The van der Waals surface area contributed by atoms with E-state index in [-0.39, 0.29) is 5.41 Å². The maximum Gasteiger partial charge on any atom is 0.0575 e. The average molecular weight is 357 g/mol. The monoisotopic (exact) mass is 356 g/mol. The van der Waals surface area contributed by atoms with Crippen LogP contribution < -0.4 is 0 Å². The third-order valence-electron chi connectivity index (χ3n) is 6.18. The first-order chi connectivity index (χ1) is 12.2. The molecular formula is C22H44O3. The van der Waals surface area contributed by atoms with Gasteiger partial charge in [0.15, 0.2) is 0 Å². The number of hydrogen-bond acceptors (Lipinski definition) is 3. The predicted octanol–water partition coefficient (Wildman–Crippen LogP) is 6.00. The number of ether oxygens (including phenoxy) is 3. The summed E-state index contributed by atoms with van der Waals surface area (Å²) in [6, 6.07) is 0. The van der Waals surface area contributed by atoms with Gasteiger partial charge >= 0.3 is 0 Å². The first-order valence-electron chi connectivity index (χ1n) is 10.8. The summed E-state index contributed by atoms with van der Waals surface area (Å²) in [5, 5.41) is 0. The van der Waals surface area contributed by atoms with Crippen LogP contribution in [0.15, 0.2) is 0 Å². The fraction of sp³-hybridized carbons (Fsp3) is 1.00. The van der Waals surface area contributed by atoms with Crippen molar-refractivity contribution in [2.45, 2.75) is 97.0 Å². The van der Waals surface area contributed by atoms with Crippen molar-refractivity contribution in [2.75, 3.05) is 34.0 Å². The highest BCUT2D eigenvalue weighted by Crippen LogP contribution is 2.33. The molecule has 0 aromatic carbocycles. The zero-order valence-electron chi connectivity index (χ0n) is 17.5. The molecule has 1 saturated carbocycles. The van der Waals surface area contributed by atoms with Crippen LogP contribution in [0.3, 0.4) is 0 Å². The van der Waals surface area contributed by atoms with Crippen LogP contribution in [0.25, 0.3) is 0 Å². The van der Waals surface area contributed by atoms with Crippen molar-refractivity contribution in [1.29, 1.82) is 0 Å². The lowest BCUT2D eigenvalue weighted by atomic mass is 9.76. The first kappa shape index (κ1) is 22.9. The molecule has 0 saturated heterocycles. The van der Waals surface area contributed by atoms with E-state index in [1.54, 1.807) is 14.2 Å². The molecule has 1 atom stereocenters. The minimum absolute atomic E-state index is 0.0259. The molecule has 0 N–H and O–H groups in total. The van der Waals surface area contributed by atoms with Gasteiger partial charge in [-0.25, -0.2) is 0 Å². The van der Waals surface area contributed by atoms with Crippen molar-refractivity contribution in [3.8, 4) is 0 Å². The molecule has 0 aromatic heterocycles. The Balaban J connectivity index is 2.61. The largest absolute Gasteiger partial charge is 0.384 e. The van der Waals surface area contributed by atoms with E-state index in [1.807, 2.05) is 0 Å². The molecule has 0 heterocycles. The molecule has 25 heavy (non-hydrogen) atoms. The summed E-state index contributed by atoms with van der Waals surface area (Å²) in [6.07, 6.45) is 16.4. The highest BCUT2D eigenvalue weighted by molar-refractivity contribution is 4.84. The summed E-state index contributed by atoms with van der Waals surface area (Å²) in [5.74, 6) is 0.527. The molecule has 0 amide bonds. The molecule has 0 radical (unpaired) electrons. The van der Waals surface area contributed by atoms with Crippen molar-refractivity contribution in [3.05, 3.63) is 0 Å². The number of methoxy groups -OCH3 is 2. The molecule has 1 aliphatic carbocycles. The van der Waals surface area contributed by atoms with Crippen LogP contribution in [0.1, 0.15) is 90.9 Å². The van der Waals surface area contributed by atoms with Gasteiger partial charge in [-0.05, 0) is 18.8 Å². The zero-order valence-corrected chi connectivity index (χ0v) is 17.5. The van der Waals surface area contributed by atoms with Crippen LogP contribution in [0, 0.1) is 11.3 Å². The van der Waals surface area contributed by atoms with E-state index in [9.17, 15) is 0 Å². The molecule has 3 nitrogen and oxygen atoms in total. The second-order valence-corrected chi connectivity index (χ2v) is 8.23. The third kappa shape index (κ3) is 8.88. The highest BCUT2D eigenvalue weighted by atomic mass is 16.5. The van der Waals surface area contributed by atoms with E-state index in [0.29, 0.717) is 25.2 Å².